The van der Waals surface area contributed by atoms with Gasteiger partial charge in [-0.3, -0.25) is 9.88 Å². The van der Waals surface area contributed by atoms with Crippen molar-refractivity contribution in [1.29, 1.82) is 0 Å². The first-order valence-electron chi connectivity index (χ1n) is 8.82. The molecule has 0 radical (unpaired) electrons. The number of likely N-dealkylation sites (tertiary alicyclic amines) is 1. The predicted molar refractivity (Wildman–Crippen MR) is 94.8 cm³/mol. The number of piperidine rings is 1. The lowest BCUT2D eigenvalue weighted by Gasteiger charge is -2.35. The number of nitrogens with zero attached hydrogens (tertiary/aromatic N) is 2. The molecule has 4 nitrogen and oxygen atoms in total. The Labute approximate surface area is 144 Å². The number of pyridine rings is 1. The molecule has 2 heterocycles. The van der Waals surface area contributed by atoms with Crippen LogP contribution in [0.2, 0.25) is 0 Å². The van der Waals surface area contributed by atoms with Gasteiger partial charge in [-0.25, -0.2) is 0 Å². The van der Waals surface area contributed by atoms with Gasteiger partial charge in [-0.15, -0.1) is 0 Å². The standard InChI is InChI=1S/C20H26N2O2/c23-14-11-19-6-2-4-13-22(19)15-17-7-9-20(10-8-17)24-16-18-5-1-3-12-21-18/h1,3,5,7-10,12,19,23H,2,4,6,11,13-16H2/t19-/m1/s1. The maximum atomic E-state index is 9.24. The van der Waals surface area contributed by atoms with Crippen LogP contribution in [0.15, 0.2) is 48.7 Å². The number of hydrogen-bond acceptors (Lipinski definition) is 4. The van der Waals surface area contributed by atoms with E-state index in [4.69, 9.17) is 4.74 Å². The Morgan fingerprint density at radius 1 is 1.12 bits per heavy atom. The van der Waals surface area contributed by atoms with Crippen molar-refractivity contribution < 1.29 is 9.84 Å². The van der Waals surface area contributed by atoms with Gasteiger partial charge in [0.25, 0.3) is 0 Å². The smallest absolute Gasteiger partial charge is 0.130 e. The quantitative estimate of drug-likeness (QED) is 0.847. The summed E-state index contributed by atoms with van der Waals surface area (Å²) in [5.74, 6) is 0.870. The van der Waals surface area contributed by atoms with Crippen molar-refractivity contribution in [2.45, 2.75) is 44.9 Å². The minimum Gasteiger partial charge on any atom is -0.487 e. The van der Waals surface area contributed by atoms with Crippen molar-refractivity contribution in [3.8, 4) is 5.75 Å². The van der Waals surface area contributed by atoms with Gasteiger partial charge in [0.15, 0.2) is 0 Å². The van der Waals surface area contributed by atoms with Gasteiger partial charge in [-0.1, -0.05) is 24.6 Å². The van der Waals surface area contributed by atoms with Gasteiger partial charge in [-0.2, -0.15) is 0 Å². The number of aliphatic hydroxyl groups is 1. The first-order chi connectivity index (χ1) is 11.8. The van der Waals surface area contributed by atoms with E-state index >= 15 is 0 Å². The summed E-state index contributed by atoms with van der Waals surface area (Å²) >= 11 is 0. The highest BCUT2D eigenvalue weighted by Crippen LogP contribution is 2.22. The Bertz CT molecular complexity index is 599. The lowest BCUT2D eigenvalue weighted by molar-refractivity contribution is 0.112. The van der Waals surface area contributed by atoms with E-state index in [0.717, 1.165) is 31.0 Å². The van der Waals surface area contributed by atoms with E-state index in [1.165, 1.54) is 24.8 Å². The van der Waals surface area contributed by atoms with E-state index in [2.05, 4.69) is 22.0 Å². The van der Waals surface area contributed by atoms with E-state index in [0.29, 0.717) is 12.6 Å². The Balaban J connectivity index is 1.54. The molecule has 1 atom stereocenters. The highest BCUT2D eigenvalue weighted by atomic mass is 16.5. The van der Waals surface area contributed by atoms with Crippen LogP contribution in [-0.4, -0.2) is 34.2 Å². The number of aliphatic hydroxyl groups excluding tert-OH is 1. The minimum absolute atomic E-state index is 0.279. The molecule has 1 aliphatic rings. The molecule has 0 amide bonds. The fraction of sp³-hybridized carbons (Fsp3) is 0.450. The van der Waals surface area contributed by atoms with E-state index in [1.807, 2.05) is 30.3 Å². The van der Waals surface area contributed by atoms with Crippen molar-refractivity contribution in [3.63, 3.8) is 0 Å². The summed E-state index contributed by atoms with van der Waals surface area (Å²) in [4.78, 5) is 6.77. The molecular weight excluding hydrogens is 300 g/mol. The summed E-state index contributed by atoms with van der Waals surface area (Å²) in [6.07, 6.45) is 6.40. The molecule has 3 rings (SSSR count). The van der Waals surface area contributed by atoms with E-state index < -0.39 is 0 Å². The van der Waals surface area contributed by atoms with Crippen LogP contribution in [0.5, 0.6) is 5.75 Å². The monoisotopic (exact) mass is 326 g/mol. The van der Waals surface area contributed by atoms with Gasteiger partial charge in [0.1, 0.15) is 12.4 Å². The van der Waals surface area contributed by atoms with Crippen LogP contribution < -0.4 is 4.74 Å². The van der Waals surface area contributed by atoms with Crippen LogP contribution in [-0.2, 0) is 13.2 Å². The molecule has 0 bridgehead atoms. The Hall–Kier alpha value is -1.91. The molecule has 4 heteroatoms. The zero-order valence-electron chi connectivity index (χ0n) is 14.1. The van der Waals surface area contributed by atoms with Crippen LogP contribution in [0.3, 0.4) is 0 Å². The molecule has 1 saturated heterocycles. The maximum Gasteiger partial charge on any atom is 0.130 e. The predicted octanol–water partition coefficient (Wildman–Crippen LogP) is 3.40. The molecule has 0 spiro atoms. The Kier molecular flexibility index (Phi) is 6.21. The zero-order chi connectivity index (χ0) is 16.6. The number of ether oxygens (including phenoxy) is 1. The van der Waals surface area contributed by atoms with E-state index in [1.54, 1.807) is 6.20 Å². The van der Waals surface area contributed by atoms with Gasteiger partial charge in [-0.05, 0) is 55.6 Å². The normalized spacial score (nSPS) is 18.5. The first kappa shape index (κ1) is 16.9. The molecule has 2 aromatic rings. The van der Waals surface area contributed by atoms with Gasteiger partial charge in [0.05, 0.1) is 5.69 Å². The molecule has 1 aromatic heterocycles. The molecule has 0 unspecified atom stereocenters. The fourth-order valence-electron chi connectivity index (χ4n) is 3.31. The van der Waals surface area contributed by atoms with Crippen molar-refractivity contribution in [3.05, 3.63) is 59.9 Å². The molecule has 0 aliphatic carbocycles. The van der Waals surface area contributed by atoms with E-state index in [9.17, 15) is 5.11 Å². The third kappa shape index (κ3) is 4.79. The number of hydrogen-bond donors (Lipinski definition) is 1. The second kappa shape index (κ2) is 8.81. The summed E-state index contributed by atoms with van der Waals surface area (Å²) in [7, 11) is 0. The zero-order valence-corrected chi connectivity index (χ0v) is 14.1. The van der Waals surface area contributed by atoms with Crippen molar-refractivity contribution in [2.24, 2.45) is 0 Å². The average Bonchev–Trinajstić information content (AvgIpc) is 2.64. The van der Waals surface area contributed by atoms with Gasteiger partial charge in [0.2, 0.25) is 0 Å². The lowest BCUT2D eigenvalue weighted by atomic mass is 9.99. The Morgan fingerprint density at radius 3 is 2.75 bits per heavy atom. The summed E-state index contributed by atoms with van der Waals surface area (Å²) in [6.45, 7) is 2.85. The van der Waals surface area contributed by atoms with Gasteiger partial charge >= 0.3 is 0 Å². The molecule has 24 heavy (non-hydrogen) atoms. The molecule has 1 N–H and O–H groups in total. The summed E-state index contributed by atoms with van der Waals surface area (Å²) in [5.41, 5.74) is 2.23. The molecular formula is C20H26N2O2. The molecule has 1 aliphatic heterocycles. The van der Waals surface area contributed by atoms with Crippen LogP contribution >= 0.6 is 0 Å². The topological polar surface area (TPSA) is 45.6 Å². The third-order valence-corrected chi connectivity index (χ3v) is 4.63. The molecule has 128 valence electrons. The van der Waals surface area contributed by atoms with Gasteiger partial charge in [0, 0.05) is 25.4 Å². The summed E-state index contributed by atoms with van der Waals surface area (Å²) < 4.78 is 5.79. The molecule has 1 fully saturated rings. The van der Waals surface area contributed by atoms with Crippen molar-refractivity contribution >= 4 is 0 Å². The Morgan fingerprint density at radius 2 is 2.00 bits per heavy atom. The third-order valence-electron chi connectivity index (χ3n) is 4.63. The van der Waals surface area contributed by atoms with Crippen LogP contribution in [0.25, 0.3) is 0 Å². The van der Waals surface area contributed by atoms with Crippen LogP contribution in [0.1, 0.15) is 36.9 Å². The largest absolute Gasteiger partial charge is 0.487 e. The minimum atomic E-state index is 0.279. The maximum absolute atomic E-state index is 9.24. The number of rotatable bonds is 7. The number of aromatic nitrogens is 1. The lowest BCUT2D eigenvalue weighted by Crippen LogP contribution is -2.39. The van der Waals surface area contributed by atoms with E-state index in [-0.39, 0.29) is 6.61 Å². The SMILES string of the molecule is OCC[C@H]1CCCCN1Cc1ccc(OCc2ccccn2)cc1. The average molecular weight is 326 g/mol. The highest BCUT2D eigenvalue weighted by Gasteiger charge is 2.21. The molecule has 0 saturated carbocycles. The van der Waals surface area contributed by atoms with Crippen LogP contribution in [0, 0.1) is 0 Å². The van der Waals surface area contributed by atoms with Crippen molar-refractivity contribution in [1.82, 2.24) is 9.88 Å². The summed E-state index contributed by atoms with van der Waals surface area (Å²) in [6, 6.07) is 14.7. The van der Waals surface area contributed by atoms with Crippen molar-refractivity contribution in [2.75, 3.05) is 13.2 Å². The second-order valence-corrected chi connectivity index (χ2v) is 6.39. The van der Waals surface area contributed by atoms with Gasteiger partial charge < -0.3 is 9.84 Å². The summed E-state index contributed by atoms with van der Waals surface area (Å²) in [5, 5.41) is 9.24. The molecule has 1 aromatic carbocycles. The fourth-order valence-corrected chi connectivity index (χ4v) is 3.31. The second-order valence-electron chi connectivity index (χ2n) is 6.39. The van der Waals surface area contributed by atoms with Crippen LogP contribution in [0.4, 0.5) is 0 Å². The first-order valence-corrected chi connectivity index (χ1v) is 8.82. The highest BCUT2D eigenvalue weighted by molar-refractivity contribution is 5.27. The number of benzene rings is 1.